The lowest BCUT2D eigenvalue weighted by Gasteiger charge is -2.35. The van der Waals surface area contributed by atoms with Gasteiger partial charge in [0.25, 0.3) is 0 Å². The average molecular weight is 404 g/mol. The van der Waals surface area contributed by atoms with E-state index >= 15 is 0 Å². The Bertz CT molecular complexity index is 707. The third-order valence-electron chi connectivity index (χ3n) is 6.32. The first kappa shape index (κ1) is 20.5. The fourth-order valence-corrected chi connectivity index (χ4v) is 4.36. The first-order valence-corrected chi connectivity index (χ1v) is 11.3. The van der Waals surface area contributed by atoms with Crippen LogP contribution in [0.4, 0.5) is 10.5 Å². The predicted molar refractivity (Wildman–Crippen MR) is 114 cm³/mol. The number of aromatic nitrogens is 2. The number of anilines is 1. The van der Waals surface area contributed by atoms with Crippen molar-refractivity contribution in [1.82, 2.24) is 20.0 Å². The number of alkyl carbamates (subject to hydrolysis) is 1. The van der Waals surface area contributed by atoms with Crippen molar-refractivity contribution in [2.45, 2.75) is 82.9 Å². The van der Waals surface area contributed by atoms with Crippen LogP contribution in [0.5, 0.6) is 0 Å². The van der Waals surface area contributed by atoms with Crippen LogP contribution in [0.15, 0.2) is 6.20 Å². The molecule has 0 radical (unpaired) electrons. The lowest BCUT2D eigenvalue weighted by Crippen LogP contribution is -2.39. The maximum absolute atomic E-state index is 11.8. The highest BCUT2D eigenvalue weighted by molar-refractivity contribution is 5.67. The molecule has 0 atom stereocenters. The van der Waals surface area contributed by atoms with Gasteiger partial charge in [-0.15, -0.1) is 0 Å². The van der Waals surface area contributed by atoms with Crippen molar-refractivity contribution in [2.24, 2.45) is 5.92 Å². The second-order valence-electron chi connectivity index (χ2n) is 10.3. The van der Waals surface area contributed by atoms with Crippen molar-refractivity contribution < 1.29 is 9.53 Å². The molecule has 2 aliphatic carbocycles. The zero-order valence-corrected chi connectivity index (χ0v) is 18.4. The minimum absolute atomic E-state index is 0.319. The van der Waals surface area contributed by atoms with Crippen molar-refractivity contribution in [3.63, 3.8) is 0 Å². The van der Waals surface area contributed by atoms with Gasteiger partial charge in [0.05, 0.1) is 17.4 Å². The van der Waals surface area contributed by atoms with Crippen LogP contribution in [-0.2, 0) is 4.74 Å². The summed E-state index contributed by atoms with van der Waals surface area (Å²) in [7, 11) is 2.20. The SMILES string of the molecule is CN1CCC(Nc2cn([C@H]3C[C@H](CNC(=O)OC(C)(C)C)C3)nc2C2CC2)CC1. The summed E-state index contributed by atoms with van der Waals surface area (Å²) in [6.45, 7) is 8.68. The van der Waals surface area contributed by atoms with Crippen LogP contribution in [0.3, 0.4) is 0 Å². The molecule has 1 aromatic heterocycles. The molecule has 7 heteroatoms. The Morgan fingerprint density at radius 2 is 1.90 bits per heavy atom. The second kappa shape index (κ2) is 8.17. The molecule has 1 saturated heterocycles. The minimum Gasteiger partial charge on any atom is -0.444 e. The van der Waals surface area contributed by atoms with E-state index in [9.17, 15) is 4.79 Å². The highest BCUT2D eigenvalue weighted by atomic mass is 16.6. The molecule has 3 fully saturated rings. The van der Waals surface area contributed by atoms with E-state index in [1.807, 2.05) is 20.8 Å². The highest BCUT2D eigenvalue weighted by Crippen LogP contribution is 2.45. The van der Waals surface area contributed by atoms with E-state index in [-0.39, 0.29) is 6.09 Å². The number of ether oxygens (including phenoxy) is 1. The first-order chi connectivity index (χ1) is 13.8. The molecular formula is C22H37N5O2. The normalized spacial score (nSPS) is 26.1. The van der Waals surface area contributed by atoms with Crippen molar-refractivity contribution in [3.8, 4) is 0 Å². The van der Waals surface area contributed by atoms with Crippen molar-refractivity contribution in [2.75, 3.05) is 32.0 Å². The number of carbonyl (C=O) groups excluding carboxylic acids is 1. The Labute approximate surface area is 174 Å². The summed E-state index contributed by atoms with van der Waals surface area (Å²) in [5.41, 5.74) is 2.09. The monoisotopic (exact) mass is 403 g/mol. The molecule has 2 N–H and O–H groups in total. The van der Waals surface area contributed by atoms with Crippen LogP contribution in [0, 0.1) is 5.92 Å². The van der Waals surface area contributed by atoms with E-state index in [0.717, 1.165) is 12.8 Å². The highest BCUT2D eigenvalue weighted by Gasteiger charge is 2.35. The molecule has 1 aliphatic heterocycles. The molecule has 162 valence electrons. The summed E-state index contributed by atoms with van der Waals surface area (Å²) in [4.78, 5) is 14.2. The number of nitrogens with zero attached hydrogens (tertiary/aromatic N) is 3. The van der Waals surface area contributed by atoms with Gasteiger partial charge in [-0.3, -0.25) is 4.68 Å². The zero-order valence-electron chi connectivity index (χ0n) is 18.4. The largest absolute Gasteiger partial charge is 0.444 e. The molecule has 0 spiro atoms. The van der Waals surface area contributed by atoms with Gasteiger partial charge in [-0.25, -0.2) is 4.79 Å². The summed E-state index contributed by atoms with van der Waals surface area (Å²) in [6.07, 6.45) is 9.00. The van der Waals surface area contributed by atoms with Gasteiger partial charge in [0.2, 0.25) is 0 Å². The summed E-state index contributed by atoms with van der Waals surface area (Å²) >= 11 is 0. The summed E-state index contributed by atoms with van der Waals surface area (Å²) in [6, 6.07) is 1.01. The summed E-state index contributed by atoms with van der Waals surface area (Å²) < 4.78 is 7.51. The average Bonchev–Trinajstić information content (AvgIpc) is 3.36. The molecular weight excluding hydrogens is 366 g/mol. The molecule has 1 amide bonds. The molecule has 29 heavy (non-hydrogen) atoms. The maximum Gasteiger partial charge on any atom is 0.407 e. The van der Waals surface area contributed by atoms with Crippen LogP contribution in [0.2, 0.25) is 0 Å². The third kappa shape index (κ3) is 5.44. The van der Waals surface area contributed by atoms with Crippen LogP contribution in [-0.4, -0.2) is 59.1 Å². The molecule has 3 aliphatic rings. The van der Waals surface area contributed by atoms with Gasteiger partial charge >= 0.3 is 6.09 Å². The number of carbonyl (C=O) groups is 1. The van der Waals surface area contributed by atoms with E-state index in [4.69, 9.17) is 9.84 Å². The molecule has 7 nitrogen and oxygen atoms in total. The van der Waals surface area contributed by atoms with Crippen LogP contribution < -0.4 is 10.6 Å². The smallest absolute Gasteiger partial charge is 0.407 e. The van der Waals surface area contributed by atoms with E-state index in [1.165, 1.54) is 50.2 Å². The van der Waals surface area contributed by atoms with E-state index < -0.39 is 5.60 Å². The Hall–Kier alpha value is -1.76. The molecule has 1 aromatic rings. The van der Waals surface area contributed by atoms with Gasteiger partial charge in [0.15, 0.2) is 0 Å². The lowest BCUT2D eigenvalue weighted by molar-refractivity contribution is 0.0498. The maximum atomic E-state index is 11.8. The quantitative estimate of drug-likeness (QED) is 0.757. The van der Waals surface area contributed by atoms with Gasteiger partial charge in [-0.2, -0.15) is 5.10 Å². The number of amides is 1. The third-order valence-corrected chi connectivity index (χ3v) is 6.32. The minimum atomic E-state index is -0.447. The molecule has 0 aromatic carbocycles. The van der Waals surface area contributed by atoms with Gasteiger partial charge in [-0.05, 0) is 85.4 Å². The van der Waals surface area contributed by atoms with Gasteiger partial charge in [0.1, 0.15) is 5.60 Å². The number of likely N-dealkylation sites (tertiary alicyclic amines) is 1. The Morgan fingerprint density at radius 3 is 2.52 bits per heavy atom. The number of piperidine rings is 1. The van der Waals surface area contributed by atoms with Crippen molar-refractivity contribution in [1.29, 1.82) is 0 Å². The Morgan fingerprint density at radius 1 is 1.21 bits per heavy atom. The molecule has 0 bridgehead atoms. The fourth-order valence-electron chi connectivity index (χ4n) is 4.36. The lowest BCUT2D eigenvalue weighted by atomic mass is 9.80. The molecule has 0 unspecified atom stereocenters. The molecule has 2 saturated carbocycles. The van der Waals surface area contributed by atoms with Gasteiger partial charge in [-0.1, -0.05) is 0 Å². The number of rotatable bonds is 6. The number of hydrogen-bond donors (Lipinski definition) is 2. The van der Waals surface area contributed by atoms with E-state index in [0.29, 0.717) is 30.5 Å². The van der Waals surface area contributed by atoms with Crippen LogP contribution >= 0.6 is 0 Å². The molecule has 2 heterocycles. The van der Waals surface area contributed by atoms with Crippen LogP contribution in [0.25, 0.3) is 0 Å². The first-order valence-electron chi connectivity index (χ1n) is 11.3. The van der Waals surface area contributed by atoms with Gasteiger partial charge in [0, 0.05) is 24.7 Å². The zero-order chi connectivity index (χ0) is 20.6. The molecule has 4 rings (SSSR count). The number of hydrogen-bond acceptors (Lipinski definition) is 5. The summed E-state index contributed by atoms with van der Waals surface area (Å²) in [5, 5.41) is 11.7. The standard InChI is InChI=1S/C22H37N5O2/c1-22(2,3)29-21(28)23-13-15-11-18(12-15)27-14-19(20(25-27)16-5-6-16)24-17-7-9-26(4)10-8-17/h14-18,24H,5-13H2,1-4H3,(H,23,28)/t15-,18-. The Balaban J connectivity index is 1.28. The second-order valence-corrected chi connectivity index (χ2v) is 10.3. The van der Waals surface area contributed by atoms with Gasteiger partial charge < -0.3 is 20.3 Å². The Kier molecular flexibility index (Phi) is 5.78. The topological polar surface area (TPSA) is 71.4 Å². The predicted octanol–water partition coefficient (Wildman–Crippen LogP) is 3.74. The summed E-state index contributed by atoms with van der Waals surface area (Å²) in [5.74, 6) is 1.15. The van der Waals surface area contributed by atoms with E-state index in [1.54, 1.807) is 0 Å². The van der Waals surface area contributed by atoms with E-state index in [2.05, 4.69) is 33.5 Å². The fraction of sp³-hybridized carbons (Fsp3) is 0.818. The number of nitrogens with one attached hydrogen (secondary N) is 2. The van der Waals surface area contributed by atoms with Crippen molar-refractivity contribution in [3.05, 3.63) is 11.9 Å². The van der Waals surface area contributed by atoms with Crippen LogP contribution in [0.1, 0.15) is 76.9 Å². The van der Waals surface area contributed by atoms with Crippen molar-refractivity contribution >= 4 is 11.8 Å².